The molecule has 3 atom stereocenters. The fourth-order valence-corrected chi connectivity index (χ4v) is 3.17. The number of hydrogen-bond donors (Lipinski definition) is 3. The number of allylic oxidation sites excluding steroid dienone is 1. The minimum atomic E-state index is -1.42. The summed E-state index contributed by atoms with van der Waals surface area (Å²) in [7, 11) is 0. The van der Waals surface area contributed by atoms with Crippen molar-refractivity contribution in [1.29, 1.82) is 0 Å². The molecule has 0 saturated carbocycles. The third-order valence-electron chi connectivity index (χ3n) is 4.51. The fourth-order valence-electron chi connectivity index (χ4n) is 3.17. The molecule has 0 radical (unpaired) electrons. The molecule has 1 aromatic rings. The zero-order chi connectivity index (χ0) is 21.0. The Balaban J connectivity index is 0.00000123. The summed E-state index contributed by atoms with van der Waals surface area (Å²) < 4.78 is 0. The molecule has 2 heterocycles. The van der Waals surface area contributed by atoms with Gasteiger partial charge in [-0.25, -0.2) is 0 Å². The van der Waals surface area contributed by atoms with Crippen LogP contribution in [0.3, 0.4) is 0 Å². The molecule has 1 aliphatic rings. The summed E-state index contributed by atoms with van der Waals surface area (Å²) >= 11 is 0. The van der Waals surface area contributed by atoms with E-state index in [-0.39, 0.29) is 0 Å². The lowest BCUT2D eigenvalue weighted by molar-refractivity contribution is -0.135. The van der Waals surface area contributed by atoms with Gasteiger partial charge in [-0.15, -0.1) is 6.58 Å². The molecule has 5 heteroatoms. The average molecular weight is 380 g/mol. The zero-order valence-electron chi connectivity index (χ0n) is 18.4. The molecular formula is C22H41N3O2. The molecule has 5 nitrogen and oxygen atoms in total. The van der Waals surface area contributed by atoms with E-state index in [1.165, 1.54) is 6.42 Å². The third kappa shape index (κ3) is 8.41. The lowest BCUT2D eigenvalue weighted by atomic mass is 9.99. The van der Waals surface area contributed by atoms with Crippen LogP contribution >= 0.6 is 0 Å². The van der Waals surface area contributed by atoms with E-state index in [0.29, 0.717) is 5.92 Å². The van der Waals surface area contributed by atoms with Crippen LogP contribution in [0.25, 0.3) is 0 Å². The fraction of sp³-hybridized carbons (Fsp3) is 0.682. The zero-order valence-corrected chi connectivity index (χ0v) is 18.4. The van der Waals surface area contributed by atoms with E-state index in [0.717, 1.165) is 42.9 Å². The predicted molar refractivity (Wildman–Crippen MR) is 116 cm³/mol. The second-order valence-corrected chi connectivity index (χ2v) is 7.12. The van der Waals surface area contributed by atoms with E-state index in [2.05, 4.69) is 30.7 Å². The van der Waals surface area contributed by atoms with Crippen molar-refractivity contribution >= 4 is 5.69 Å². The summed E-state index contributed by atoms with van der Waals surface area (Å²) in [5.74, 6) is 0.548. The number of aromatic nitrogens is 1. The second-order valence-electron chi connectivity index (χ2n) is 7.12. The van der Waals surface area contributed by atoms with Gasteiger partial charge in [0.05, 0.1) is 11.9 Å². The first kappa shape index (κ1) is 25.6. The number of aryl methyl sites for hydroxylation is 2. The Bertz CT molecular complexity index is 546. The van der Waals surface area contributed by atoms with E-state index in [1.54, 1.807) is 19.2 Å². The molecule has 1 aliphatic heterocycles. The maximum atomic E-state index is 10.7. The van der Waals surface area contributed by atoms with E-state index in [4.69, 9.17) is 0 Å². The van der Waals surface area contributed by atoms with Crippen LogP contribution in [-0.4, -0.2) is 45.1 Å². The Morgan fingerprint density at radius 3 is 2.59 bits per heavy atom. The number of likely N-dealkylation sites (tertiary alicyclic amines) is 1. The molecule has 1 saturated heterocycles. The Morgan fingerprint density at radius 2 is 2.07 bits per heavy atom. The van der Waals surface area contributed by atoms with E-state index >= 15 is 0 Å². The van der Waals surface area contributed by atoms with Crippen molar-refractivity contribution in [2.45, 2.75) is 79.7 Å². The van der Waals surface area contributed by atoms with Crippen LogP contribution in [0.1, 0.15) is 65.6 Å². The highest BCUT2D eigenvalue weighted by Gasteiger charge is 2.36. The number of pyridine rings is 1. The van der Waals surface area contributed by atoms with Crippen LogP contribution in [0.2, 0.25) is 0 Å². The molecular weight excluding hydrogens is 338 g/mol. The number of anilines is 1. The minimum Gasteiger partial charge on any atom is -0.373 e. The first-order valence-electron chi connectivity index (χ1n) is 10.2. The van der Waals surface area contributed by atoms with Gasteiger partial charge in [-0.2, -0.15) is 0 Å². The monoisotopic (exact) mass is 379 g/mol. The van der Waals surface area contributed by atoms with Crippen LogP contribution in [0, 0.1) is 12.8 Å². The molecule has 1 fully saturated rings. The molecule has 0 aromatic carbocycles. The second kappa shape index (κ2) is 12.9. The number of nitrogens with zero attached hydrogens (tertiary/aromatic N) is 2. The first-order chi connectivity index (χ1) is 12.7. The lowest BCUT2D eigenvalue weighted by Crippen LogP contribution is -2.57. The van der Waals surface area contributed by atoms with Crippen molar-refractivity contribution in [2.75, 3.05) is 18.4 Å². The van der Waals surface area contributed by atoms with E-state index < -0.39 is 12.0 Å². The largest absolute Gasteiger partial charge is 0.373 e. The third-order valence-corrected chi connectivity index (χ3v) is 4.51. The van der Waals surface area contributed by atoms with Crippen LogP contribution in [0.15, 0.2) is 24.9 Å². The Morgan fingerprint density at radius 1 is 1.48 bits per heavy atom. The summed E-state index contributed by atoms with van der Waals surface area (Å²) in [5.41, 5.74) is 1.45. The molecule has 1 aromatic heterocycles. The quantitative estimate of drug-likeness (QED) is 0.524. The number of nitrogens with one attached hydrogen (secondary N) is 1. The number of rotatable bonds is 5. The topological polar surface area (TPSA) is 68.6 Å². The summed E-state index contributed by atoms with van der Waals surface area (Å²) in [6.45, 7) is 18.7. The number of hydrogen-bond acceptors (Lipinski definition) is 5. The van der Waals surface area contributed by atoms with Gasteiger partial charge in [0.25, 0.3) is 0 Å². The maximum absolute atomic E-state index is 10.7. The summed E-state index contributed by atoms with van der Waals surface area (Å²) in [6, 6.07) is 1.99. The van der Waals surface area contributed by atoms with E-state index in [9.17, 15) is 10.2 Å². The summed E-state index contributed by atoms with van der Waals surface area (Å²) in [4.78, 5) is 6.30. The van der Waals surface area contributed by atoms with Crippen LogP contribution < -0.4 is 5.32 Å². The number of aliphatic hydroxyl groups excluding tert-OH is 1. The van der Waals surface area contributed by atoms with Gasteiger partial charge in [0, 0.05) is 18.8 Å². The van der Waals surface area contributed by atoms with Gasteiger partial charge in [0.1, 0.15) is 0 Å². The molecule has 0 bridgehead atoms. The maximum Gasteiger partial charge on any atom is 0.172 e. The smallest absolute Gasteiger partial charge is 0.172 e. The number of piperidine rings is 1. The standard InChI is InChI=1S/C17H29N3O2.C3H6.C2H6/c1-5-14-9-15(10-18-13(14)3)19-17(4,22)16(21)20-8-6-7-12(2)11-20;1-3-2;1-2/h9-10,12,16,19,21-22H,5-8,11H2,1-4H3;3H,1H2,2H3;1-2H3/t12-,16?,17?;;/m0../s1. The van der Waals surface area contributed by atoms with Crippen molar-refractivity contribution < 1.29 is 10.2 Å². The normalized spacial score (nSPS) is 20.1. The Labute approximate surface area is 166 Å². The summed E-state index contributed by atoms with van der Waals surface area (Å²) in [6.07, 6.45) is 5.64. The van der Waals surface area contributed by atoms with Gasteiger partial charge in [-0.05, 0) is 57.6 Å². The SMILES string of the molecule is C=CC.CC.CCc1cc(NC(C)(O)C(O)N2CCC[C@H](C)C2)cnc1C. The van der Waals surface area contributed by atoms with E-state index in [1.807, 2.05) is 38.7 Å². The first-order valence-corrected chi connectivity index (χ1v) is 10.2. The highest BCUT2D eigenvalue weighted by atomic mass is 16.4. The van der Waals surface area contributed by atoms with Crippen LogP contribution in [0.5, 0.6) is 0 Å². The van der Waals surface area contributed by atoms with Crippen LogP contribution in [-0.2, 0) is 6.42 Å². The highest BCUT2D eigenvalue weighted by molar-refractivity contribution is 5.46. The van der Waals surface area contributed by atoms with Crippen molar-refractivity contribution in [3.05, 3.63) is 36.2 Å². The van der Waals surface area contributed by atoms with Crippen molar-refractivity contribution in [3.8, 4) is 0 Å². The molecule has 0 aliphatic carbocycles. The Kier molecular flexibility index (Phi) is 12.2. The molecule has 0 spiro atoms. The Hall–Kier alpha value is -1.43. The molecule has 2 rings (SSSR count). The van der Waals surface area contributed by atoms with Crippen LogP contribution in [0.4, 0.5) is 5.69 Å². The van der Waals surface area contributed by atoms with Crippen molar-refractivity contribution in [3.63, 3.8) is 0 Å². The van der Waals surface area contributed by atoms with Gasteiger partial charge >= 0.3 is 0 Å². The van der Waals surface area contributed by atoms with Gasteiger partial charge in [0.2, 0.25) is 0 Å². The molecule has 3 N–H and O–H groups in total. The average Bonchev–Trinajstić information content (AvgIpc) is 2.64. The van der Waals surface area contributed by atoms with Gasteiger partial charge < -0.3 is 15.5 Å². The molecule has 0 amide bonds. The van der Waals surface area contributed by atoms with Gasteiger partial charge in [-0.1, -0.05) is 33.8 Å². The van der Waals surface area contributed by atoms with Gasteiger partial charge in [0.15, 0.2) is 12.0 Å². The van der Waals surface area contributed by atoms with Crippen molar-refractivity contribution in [1.82, 2.24) is 9.88 Å². The summed E-state index contributed by atoms with van der Waals surface area (Å²) in [5, 5.41) is 24.3. The predicted octanol–water partition coefficient (Wildman–Crippen LogP) is 4.34. The molecule has 156 valence electrons. The number of aliphatic hydroxyl groups is 2. The minimum absolute atomic E-state index is 0.548. The highest BCUT2D eigenvalue weighted by Crippen LogP contribution is 2.24. The molecule has 2 unspecified atom stereocenters. The lowest BCUT2D eigenvalue weighted by Gasteiger charge is -2.41. The van der Waals surface area contributed by atoms with Gasteiger partial charge in [-0.3, -0.25) is 9.88 Å². The molecule has 27 heavy (non-hydrogen) atoms. The van der Waals surface area contributed by atoms with Crippen molar-refractivity contribution in [2.24, 2.45) is 5.92 Å².